The first-order valence-corrected chi connectivity index (χ1v) is 9.89. The van der Waals surface area contributed by atoms with E-state index in [9.17, 15) is 9.59 Å². The lowest BCUT2D eigenvalue weighted by Crippen LogP contribution is -2.35. The van der Waals surface area contributed by atoms with Crippen LogP contribution in [0, 0.1) is 12.8 Å². The molecule has 0 radical (unpaired) electrons. The summed E-state index contributed by atoms with van der Waals surface area (Å²) in [5.74, 6) is 1.13. The second-order valence-corrected chi connectivity index (χ2v) is 7.65. The zero-order valence-electron chi connectivity index (χ0n) is 16.1. The minimum atomic E-state index is -0.278. The number of hydrogen-bond acceptors (Lipinski definition) is 4. The third-order valence-electron chi connectivity index (χ3n) is 5.60. The van der Waals surface area contributed by atoms with Gasteiger partial charge >= 0.3 is 0 Å². The summed E-state index contributed by atoms with van der Waals surface area (Å²) >= 11 is 0. The van der Waals surface area contributed by atoms with Crippen molar-refractivity contribution in [2.45, 2.75) is 45.1 Å². The van der Waals surface area contributed by atoms with E-state index in [-0.39, 0.29) is 17.7 Å². The molecule has 1 atom stereocenters. The van der Waals surface area contributed by atoms with Crippen LogP contribution in [0.2, 0.25) is 0 Å². The molecule has 2 amide bonds. The summed E-state index contributed by atoms with van der Waals surface area (Å²) in [5, 5.41) is 2.96. The van der Waals surface area contributed by atoms with Crippen LogP contribution in [0.3, 0.4) is 0 Å². The molecule has 4 rings (SSSR count). The Labute approximate surface area is 164 Å². The maximum absolute atomic E-state index is 12.7. The van der Waals surface area contributed by atoms with Crippen LogP contribution in [0.25, 0.3) is 0 Å². The number of aromatic nitrogens is 1. The predicted molar refractivity (Wildman–Crippen MR) is 106 cm³/mol. The Bertz CT molecular complexity index is 863. The van der Waals surface area contributed by atoms with Crippen LogP contribution in [0.5, 0.6) is 11.5 Å². The van der Waals surface area contributed by atoms with Crippen molar-refractivity contribution in [2.24, 2.45) is 5.92 Å². The number of amides is 2. The topological polar surface area (TPSA) is 71.5 Å². The van der Waals surface area contributed by atoms with E-state index in [1.165, 1.54) is 12.8 Å². The van der Waals surface area contributed by atoms with Gasteiger partial charge in [-0.1, -0.05) is 12.8 Å². The fourth-order valence-electron chi connectivity index (χ4n) is 4.10. The van der Waals surface area contributed by atoms with Crippen molar-refractivity contribution < 1.29 is 14.3 Å². The summed E-state index contributed by atoms with van der Waals surface area (Å²) in [5.41, 5.74) is 1.63. The van der Waals surface area contributed by atoms with Gasteiger partial charge in [0.1, 0.15) is 11.5 Å². The van der Waals surface area contributed by atoms with E-state index >= 15 is 0 Å². The predicted octanol–water partition coefficient (Wildman–Crippen LogP) is 3.91. The molecule has 28 heavy (non-hydrogen) atoms. The zero-order valence-corrected chi connectivity index (χ0v) is 16.1. The van der Waals surface area contributed by atoms with E-state index in [4.69, 9.17) is 4.74 Å². The smallest absolute Gasteiger partial charge is 0.229 e. The molecule has 2 fully saturated rings. The van der Waals surface area contributed by atoms with Crippen LogP contribution in [0.15, 0.2) is 42.7 Å². The molecule has 1 aliphatic carbocycles. The molecule has 1 saturated carbocycles. The number of hydrogen-bond donors (Lipinski definition) is 1. The molecule has 0 spiro atoms. The second-order valence-electron chi connectivity index (χ2n) is 7.65. The summed E-state index contributed by atoms with van der Waals surface area (Å²) in [6.45, 7) is 2.47. The molecule has 0 bridgehead atoms. The van der Waals surface area contributed by atoms with Crippen LogP contribution in [-0.2, 0) is 9.59 Å². The summed E-state index contributed by atoms with van der Waals surface area (Å²) < 4.78 is 5.83. The van der Waals surface area contributed by atoms with Gasteiger partial charge in [0.05, 0.1) is 12.1 Å². The minimum Gasteiger partial charge on any atom is -0.455 e. The van der Waals surface area contributed by atoms with Gasteiger partial charge in [-0.25, -0.2) is 0 Å². The zero-order chi connectivity index (χ0) is 19.5. The Morgan fingerprint density at radius 3 is 2.79 bits per heavy atom. The minimum absolute atomic E-state index is 0.0887. The Morgan fingerprint density at radius 1 is 1.25 bits per heavy atom. The highest BCUT2D eigenvalue weighted by Gasteiger charge is 2.38. The van der Waals surface area contributed by atoms with Gasteiger partial charge in [-0.15, -0.1) is 0 Å². The normalized spacial score (nSPS) is 19.8. The average Bonchev–Trinajstić information content (AvgIpc) is 3.34. The van der Waals surface area contributed by atoms with Gasteiger partial charge < -0.3 is 15.0 Å². The fourth-order valence-corrected chi connectivity index (χ4v) is 4.10. The van der Waals surface area contributed by atoms with Crippen LogP contribution < -0.4 is 10.1 Å². The maximum atomic E-state index is 12.7. The highest BCUT2D eigenvalue weighted by Crippen LogP contribution is 2.31. The van der Waals surface area contributed by atoms with Crippen molar-refractivity contribution in [3.05, 3.63) is 48.3 Å². The number of likely N-dealkylation sites (tertiary alicyclic amines) is 1. The number of nitrogens with one attached hydrogen (secondary N) is 1. The van der Waals surface area contributed by atoms with Gasteiger partial charge in [0, 0.05) is 30.9 Å². The number of carbonyl (C=O) groups excluding carboxylic acids is 2. The standard InChI is InChI=1S/C22H25N3O3/c1-15-11-17(8-9-20(15)28-19-7-4-10-23-13-19)24-22(27)16-12-21(26)25(14-16)18-5-2-3-6-18/h4,7-11,13,16,18H,2-3,5-6,12,14H2,1H3,(H,24,27). The Kier molecular flexibility index (Phi) is 5.28. The van der Waals surface area contributed by atoms with Crippen molar-refractivity contribution in [3.8, 4) is 11.5 Å². The number of pyridine rings is 1. The van der Waals surface area contributed by atoms with E-state index in [2.05, 4.69) is 10.3 Å². The molecule has 1 aliphatic heterocycles. The summed E-state index contributed by atoms with van der Waals surface area (Å²) in [6.07, 6.45) is 8.15. The molecule has 1 aromatic heterocycles. The monoisotopic (exact) mass is 379 g/mol. The number of aryl methyl sites for hydroxylation is 1. The molecule has 2 aliphatic rings. The van der Waals surface area contributed by atoms with Crippen molar-refractivity contribution in [1.82, 2.24) is 9.88 Å². The number of carbonyl (C=O) groups is 2. The first-order chi connectivity index (χ1) is 13.6. The molecule has 1 saturated heterocycles. The molecule has 146 valence electrons. The SMILES string of the molecule is Cc1cc(NC(=O)C2CC(=O)N(C3CCCC3)C2)ccc1Oc1cccnc1. The Balaban J connectivity index is 1.38. The number of rotatable bonds is 5. The van der Waals surface area contributed by atoms with Crippen molar-refractivity contribution in [2.75, 3.05) is 11.9 Å². The van der Waals surface area contributed by atoms with Gasteiger partial charge in [-0.05, 0) is 55.7 Å². The number of benzene rings is 1. The largest absolute Gasteiger partial charge is 0.455 e. The average molecular weight is 379 g/mol. The molecular weight excluding hydrogens is 354 g/mol. The van der Waals surface area contributed by atoms with Crippen molar-refractivity contribution in [1.29, 1.82) is 0 Å². The van der Waals surface area contributed by atoms with Crippen LogP contribution in [-0.4, -0.2) is 34.3 Å². The maximum Gasteiger partial charge on any atom is 0.229 e. The summed E-state index contributed by atoms with van der Waals surface area (Å²) in [7, 11) is 0. The van der Waals surface area contributed by atoms with Gasteiger partial charge in [0.2, 0.25) is 11.8 Å². The molecule has 1 N–H and O–H groups in total. The van der Waals surface area contributed by atoms with E-state index < -0.39 is 0 Å². The van der Waals surface area contributed by atoms with Gasteiger partial charge in [0.15, 0.2) is 0 Å². The third kappa shape index (κ3) is 4.01. The Morgan fingerprint density at radius 2 is 2.07 bits per heavy atom. The fraction of sp³-hybridized carbons (Fsp3) is 0.409. The lowest BCUT2D eigenvalue weighted by Gasteiger charge is -2.23. The van der Waals surface area contributed by atoms with E-state index in [0.29, 0.717) is 30.4 Å². The van der Waals surface area contributed by atoms with E-state index in [1.807, 2.05) is 42.2 Å². The van der Waals surface area contributed by atoms with Crippen molar-refractivity contribution in [3.63, 3.8) is 0 Å². The Hall–Kier alpha value is -2.89. The third-order valence-corrected chi connectivity index (χ3v) is 5.60. The molecule has 1 unspecified atom stereocenters. The summed E-state index contributed by atoms with van der Waals surface area (Å²) in [4.78, 5) is 31.0. The van der Waals surface area contributed by atoms with Gasteiger partial charge in [0.25, 0.3) is 0 Å². The van der Waals surface area contributed by atoms with E-state index in [1.54, 1.807) is 12.4 Å². The first-order valence-electron chi connectivity index (χ1n) is 9.89. The van der Waals surface area contributed by atoms with Crippen LogP contribution in [0.1, 0.15) is 37.7 Å². The molecule has 2 heterocycles. The van der Waals surface area contributed by atoms with Gasteiger partial charge in [-0.2, -0.15) is 0 Å². The quantitative estimate of drug-likeness (QED) is 0.855. The molecular formula is C22H25N3O3. The number of nitrogens with zero attached hydrogens (tertiary/aromatic N) is 2. The number of ether oxygens (including phenoxy) is 1. The lowest BCUT2D eigenvalue weighted by atomic mass is 10.1. The van der Waals surface area contributed by atoms with E-state index in [0.717, 1.165) is 24.2 Å². The van der Waals surface area contributed by atoms with Crippen LogP contribution >= 0.6 is 0 Å². The van der Waals surface area contributed by atoms with Gasteiger partial charge in [-0.3, -0.25) is 14.6 Å². The molecule has 2 aromatic rings. The second kappa shape index (κ2) is 8.00. The summed E-state index contributed by atoms with van der Waals surface area (Å²) in [6, 6.07) is 9.53. The molecule has 1 aromatic carbocycles. The first kappa shape index (κ1) is 18.5. The highest BCUT2D eigenvalue weighted by molar-refractivity contribution is 5.97. The molecule has 6 nitrogen and oxygen atoms in total. The van der Waals surface area contributed by atoms with Crippen molar-refractivity contribution >= 4 is 17.5 Å². The van der Waals surface area contributed by atoms with Crippen LogP contribution in [0.4, 0.5) is 5.69 Å². The lowest BCUT2D eigenvalue weighted by molar-refractivity contribution is -0.129. The molecule has 6 heteroatoms. The number of anilines is 1. The highest BCUT2D eigenvalue weighted by atomic mass is 16.5.